The van der Waals surface area contributed by atoms with Crippen LogP contribution in [0.15, 0.2) is 48.5 Å². The molecule has 0 saturated heterocycles. The Bertz CT molecular complexity index is 1110. The van der Waals surface area contributed by atoms with Gasteiger partial charge in [0.15, 0.2) is 0 Å². The molecule has 2 aromatic carbocycles. The van der Waals surface area contributed by atoms with Gasteiger partial charge in [0.05, 0.1) is 26.2 Å². The molecule has 0 aliphatic heterocycles. The number of ether oxygens (including phenoxy) is 2. The molecular formula is C25H35N3O6S. The monoisotopic (exact) mass is 505 g/mol. The number of carbonyl (C=O) groups is 2. The van der Waals surface area contributed by atoms with Crippen LogP contribution in [0.25, 0.3) is 0 Å². The standard InChI is InChI=1S/C25H35N3O6S/c1-7-18(2)26-25(30)19(3)27(16-20-11-9-8-10-12-20)24(29)17-28(35(6,31)32)22-15-21(33-4)13-14-23(22)34-5/h8-15,18-19H,7,16-17H2,1-6H3,(H,26,30)/t18-,19-/m1/s1. The highest BCUT2D eigenvalue weighted by Gasteiger charge is 2.31. The highest BCUT2D eigenvalue weighted by atomic mass is 32.2. The second kappa shape index (κ2) is 12.4. The van der Waals surface area contributed by atoms with Gasteiger partial charge >= 0.3 is 0 Å². The average molecular weight is 506 g/mol. The molecule has 2 atom stereocenters. The Morgan fingerprint density at radius 2 is 1.69 bits per heavy atom. The minimum Gasteiger partial charge on any atom is -0.497 e. The second-order valence-corrected chi connectivity index (χ2v) is 10.2. The molecule has 0 spiro atoms. The minimum atomic E-state index is -3.90. The summed E-state index contributed by atoms with van der Waals surface area (Å²) in [5.41, 5.74) is 0.980. The van der Waals surface area contributed by atoms with Gasteiger partial charge in [0.1, 0.15) is 24.1 Å². The van der Waals surface area contributed by atoms with Crippen molar-refractivity contribution in [2.45, 2.75) is 45.8 Å². The number of anilines is 1. The van der Waals surface area contributed by atoms with Gasteiger partial charge in [-0.3, -0.25) is 13.9 Å². The van der Waals surface area contributed by atoms with E-state index in [2.05, 4.69) is 5.32 Å². The Morgan fingerprint density at radius 1 is 1.03 bits per heavy atom. The molecule has 0 heterocycles. The van der Waals surface area contributed by atoms with E-state index in [-0.39, 0.29) is 29.9 Å². The predicted molar refractivity (Wildman–Crippen MR) is 136 cm³/mol. The molecule has 35 heavy (non-hydrogen) atoms. The van der Waals surface area contributed by atoms with Gasteiger partial charge in [-0.2, -0.15) is 0 Å². The van der Waals surface area contributed by atoms with Gasteiger partial charge in [-0.25, -0.2) is 8.42 Å². The van der Waals surface area contributed by atoms with Gasteiger partial charge in [0, 0.05) is 18.7 Å². The van der Waals surface area contributed by atoms with Crippen LogP contribution in [0.5, 0.6) is 11.5 Å². The van der Waals surface area contributed by atoms with E-state index in [1.165, 1.54) is 25.2 Å². The van der Waals surface area contributed by atoms with Crippen LogP contribution in [-0.4, -0.2) is 64.2 Å². The number of carbonyl (C=O) groups excluding carboxylic acids is 2. The molecule has 192 valence electrons. The number of methoxy groups -OCH3 is 2. The van der Waals surface area contributed by atoms with Gasteiger partial charge in [-0.15, -0.1) is 0 Å². The Morgan fingerprint density at radius 3 is 2.23 bits per heavy atom. The molecule has 1 N–H and O–H groups in total. The van der Waals surface area contributed by atoms with Crippen LogP contribution in [0.4, 0.5) is 5.69 Å². The van der Waals surface area contributed by atoms with Crippen LogP contribution in [-0.2, 0) is 26.2 Å². The summed E-state index contributed by atoms with van der Waals surface area (Å²) in [6, 6.07) is 13.0. The van der Waals surface area contributed by atoms with Gasteiger partial charge < -0.3 is 19.7 Å². The first kappa shape index (κ1) is 28.0. The quantitative estimate of drug-likeness (QED) is 0.476. The first-order valence-electron chi connectivity index (χ1n) is 11.3. The van der Waals surface area contributed by atoms with Crippen LogP contribution >= 0.6 is 0 Å². The maximum atomic E-state index is 13.6. The van der Waals surface area contributed by atoms with E-state index >= 15 is 0 Å². The van der Waals surface area contributed by atoms with Crippen molar-refractivity contribution in [2.75, 3.05) is 31.3 Å². The Kier molecular flexibility index (Phi) is 9.94. The minimum absolute atomic E-state index is 0.0628. The summed E-state index contributed by atoms with van der Waals surface area (Å²) in [6.45, 7) is 5.09. The molecular weight excluding hydrogens is 470 g/mol. The molecule has 0 radical (unpaired) electrons. The van der Waals surface area contributed by atoms with Crippen molar-refractivity contribution in [3.8, 4) is 11.5 Å². The number of rotatable bonds is 12. The van der Waals surface area contributed by atoms with Crippen molar-refractivity contribution in [3.63, 3.8) is 0 Å². The number of sulfonamides is 1. The SMILES string of the molecule is CC[C@@H](C)NC(=O)[C@@H](C)N(Cc1ccccc1)C(=O)CN(c1cc(OC)ccc1OC)S(C)(=O)=O. The lowest BCUT2D eigenvalue weighted by Gasteiger charge is -2.32. The molecule has 10 heteroatoms. The number of benzene rings is 2. The summed E-state index contributed by atoms with van der Waals surface area (Å²) in [5.74, 6) is -0.171. The number of hydrogen-bond acceptors (Lipinski definition) is 6. The molecule has 9 nitrogen and oxygen atoms in total. The third-order valence-corrected chi connectivity index (χ3v) is 6.82. The maximum Gasteiger partial charge on any atom is 0.244 e. The van der Waals surface area contributed by atoms with Gasteiger partial charge in [-0.1, -0.05) is 37.3 Å². The van der Waals surface area contributed by atoms with Crippen LogP contribution in [0, 0.1) is 0 Å². The summed E-state index contributed by atoms with van der Waals surface area (Å²) in [6.07, 6.45) is 1.75. The zero-order valence-corrected chi connectivity index (χ0v) is 22.0. The summed E-state index contributed by atoms with van der Waals surface area (Å²) in [4.78, 5) is 27.9. The maximum absolute atomic E-state index is 13.6. The summed E-state index contributed by atoms with van der Waals surface area (Å²) >= 11 is 0. The Balaban J connectivity index is 2.45. The normalized spacial score (nSPS) is 12.9. The van der Waals surface area contributed by atoms with E-state index < -0.39 is 28.5 Å². The summed E-state index contributed by atoms with van der Waals surface area (Å²) in [7, 11) is -1.02. The summed E-state index contributed by atoms with van der Waals surface area (Å²) in [5, 5.41) is 2.90. The third-order valence-electron chi connectivity index (χ3n) is 5.70. The van der Waals surface area contributed by atoms with Crippen molar-refractivity contribution in [1.29, 1.82) is 0 Å². The fourth-order valence-electron chi connectivity index (χ4n) is 3.41. The fraction of sp³-hybridized carbons (Fsp3) is 0.440. The molecule has 0 bridgehead atoms. The highest BCUT2D eigenvalue weighted by Crippen LogP contribution is 2.34. The molecule has 0 aliphatic carbocycles. The molecule has 0 aliphatic rings. The Hall–Kier alpha value is -3.27. The molecule has 2 aromatic rings. The number of amides is 2. The van der Waals surface area contributed by atoms with Crippen molar-refractivity contribution in [1.82, 2.24) is 10.2 Å². The van der Waals surface area contributed by atoms with Crippen molar-refractivity contribution in [3.05, 3.63) is 54.1 Å². The van der Waals surface area contributed by atoms with E-state index in [1.807, 2.05) is 44.2 Å². The lowest BCUT2D eigenvalue weighted by atomic mass is 10.1. The van der Waals surface area contributed by atoms with E-state index in [9.17, 15) is 18.0 Å². The first-order valence-corrected chi connectivity index (χ1v) is 13.2. The van der Waals surface area contributed by atoms with Gasteiger partial charge in [0.25, 0.3) is 0 Å². The topological polar surface area (TPSA) is 105 Å². The van der Waals surface area contributed by atoms with Crippen LogP contribution in [0.3, 0.4) is 0 Å². The summed E-state index contributed by atoms with van der Waals surface area (Å²) < 4.78 is 37.1. The third kappa shape index (κ3) is 7.61. The fourth-order valence-corrected chi connectivity index (χ4v) is 4.26. The van der Waals surface area contributed by atoms with Crippen molar-refractivity contribution in [2.24, 2.45) is 0 Å². The van der Waals surface area contributed by atoms with Crippen LogP contribution in [0.2, 0.25) is 0 Å². The molecule has 0 unspecified atom stereocenters. The lowest BCUT2D eigenvalue weighted by molar-refractivity contribution is -0.139. The van der Waals surface area contributed by atoms with Crippen molar-refractivity contribution < 1.29 is 27.5 Å². The average Bonchev–Trinajstić information content (AvgIpc) is 2.84. The number of nitrogens with zero attached hydrogens (tertiary/aromatic N) is 2. The lowest BCUT2D eigenvalue weighted by Crippen LogP contribution is -2.52. The highest BCUT2D eigenvalue weighted by molar-refractivity contribution is 7.92. The molecule has 0 saturated carbocycles. The van der Waals surface area contributed by atoms with Crippen LogP contribution in [0.1, 0.15) is 32.8 Å². The molecule has 2 amide bonds. The number of nitrogens with one attached hydrogen (secondary N) is 1. The van der Waals surface area contributed by atoms with E-state index in [1.54, 1.807) is 19.1 Å². The van der Waals surface area contributed by atoms with Crippen molar-refractivity contribution >= 4 is 27.5 Å². The van der Waals surface area contributed by atoms with E-state index in [4.69, 9.17) is 9.47 Å². The molecule has 0 aromatic heterocycles. The zero-order chi connectivity index (χ0) is 26.2. The van der Waals surface area contributed by atoms with Gasteiger partial charge in [-0.05, 0) is 38.0 Å². The first-order chi connectivity index (χ1) is 16.5. The smallest absolute Gasteiger partial charge is 0.244 e. The molecule has 2 rings (SSSR count). The Labute approximate surface area is 208 Å². The van der Waals surface area contributed by atoms with E-state index in [0.29, 0.717) is 5.75 Å². The van der Waals surface area contributed by atoms with Crippen LogP contribution < -0.4 is 19.1 Å². The van der Waals surface area contributed by atoms with Gasteiger partial charge in [0.2, 0.25) is 21.8 Å². The predicted octanol–water partition coefficient (Wildman–Crippen LogP) is 2.80. The number of hydrogen-bond donors (Lipinski definition) is 1. The molecule has 0 fully saturated rings. The zero-order valence-electron chi connectivity index (χ0n) is 21.1. The van der Waals surface area contributed by atoms with E-state index in [0.717, 1.165) is 22.5 Å². The second-order valence-electron chi connectivity index (χ2n) is 8.31. The largest absolute Gasteiger partial charge is 0.497 e.